The van der Waals surface area contributed by atoms with Crippen LogP contribution in [0.25, 0.3) is 10.9 Å². The summed E-state index contributed by atoms with van der Waals surface area (Å²) in [5, 5.41) is 5.32. The molecule has 5 nitrogen and oxygen atoms in total. The molecule has 2 heterocycles. The molecule has 1 atom stereocenters. The number of pyridine rings is 1. The predicted octanol–water partition coefficient (Wildman–Crippen LogP) is 2.28. The van der Waals surface area contributed by atoms with Crippen LogP contribution in [0.15, 0.2) is 47.2 Å². The van der Waals surface area contributed by atoms with Crippen molar-refractivity contribution in [2.75, 3.05) is 0 Å². The molecule has 0 aliphatic heterocycles. The Labute approximate surface area is 124 Å². The summed E-state index contributed by atoms with van der Waals surface area (Å²) in [6, 6.07) is 9.95. The van der Waals surface area contributed by atoms with E-state index in [1.165, 1.54) is 0 Å². The van der Waals surface area contributed by atoms with Crippen LogP contribution in [-0.4, -0.2) is 14.8 Å². The van der Waals surface area contributed by atoms with Gasteiger partial charge in [0.1, 0.15) is 0 Å². The molecular formula is C14H14BrN5. The van der Waals surface area contributed by atoms with Gasteiger partial charge >= 0.3 is 0 Å². The van der Waals surface area contributed by atoms with Crippen molar-refractivity contribution >= 4 is 26.8 Å². The van der Waals surface area contributed by atoms with Crippen molar-refractivity contribution in [3.63, 3.8) is 0 Å². The van der Waals surface area contributed by atoms with Crippen LogP contribution in [0, 0.1) is 0 Å². The highest BCUT2D eigenvalue weighted by atomic mass is 79.9. The van der Waals surface area contributed by atoms with Crippen molar-refractivity contribution < 1.29 is 0 Å². The van der Waals surface area contributed by atoms with E-state index in [1.807, 2.05) is 36.0 Å². The molecule has 0 bridgehead atoms. The van der Waals surface area contributed by atoms with Crippen LogP contribution < -0.4 is 11.3 Å². The molecule has 1 unspecified atom stereocenters. The SMILES string of the molecule is Cn1ncc(Br)c1C(NN)c1ccc2ncccc2c1. The van der Waals surface area contributed by atoms with Gasteiger partial charge in [-0.05, 0) is 39.7 Å². The smallest absolute Gasteiger partial charge is 0.0889 e. The van der Waals surface area contributed by atoms with Gasteiger partial charge in [-0.3, -0.25) is 15.5 Å². The van der Waals surface area contributed by atoms with Gasteiger partial charge < -0.3 is 0 Å². The normalized spacial score (nSPS) is 12.8. The Hall–Kier alpha value is -1.76. The number of hydrogen-bond donors (Lipinski definition) is 2. The lowest BCUT2D eigenvalue weighted by atomic mass is 10.0. The lowest BCUT2D eigenvalue weighted by Crippen LogP contribution is -2.30. The standard InChI is InChI=1S/C14H14BrN5/c1-20-14(11(15)8-18-20)13(19-16)10-4-5-12-9(7-10)3-2-6-17-12/h2-8,13,19H,16H2,1H3. The number of rotatable bonds is 3. The molecule has 0 fully saturated rings. The first-order valence-electron chi connectivity index (χ1n) is 6.19. The maximum Gasteiger partial charge on any atom is 0.0889 e. The van der Waals surface area contributed by atoms with Crippen LogP contribution in [0.3, 0.4) is 0 Å². The van der Waals surface area contributed by atoms with Crippen molar-refractivity contribution in [3.05, 3.63) is 58.5 Å². The minimum Gasteiger partial charge on any atom is -0.271 e. The monoisotopic (exact) mass is 331 g/mol. The van der Waals surface area contributed by atoms with E-state index in [-0.39, 0.29) is 6.04 Å². The fourth-order valence-electron chi connectivity index (χ4n) is 2.35. The first kappa shape index (κ1) is 13.2. The first-order chi connectivity index (χ1) is 9.70. The highest BCUT2D eigenvalue weighted by Gasteiger charge is 2.19. The van der Waals surface area contributed by atoms with Crippen LogP contribution in [0.1, 0.15) is 17.3 Å². The zero-order chi connectivity index (χ0) is 14.1. The molecule has 0 saturated carbocycles. The number of aryl methyl sites for hydroxylation is 1. The maximum atomic E-state index is 5.75. The number of nitrogens with zero attached hydrogens (tertiary/aromatic N) is 3. The molecule has 0 aliphatic carbocycles. The fraction of sp³-hybridized carbons (Fsp3) is 0.143. The van der Waals surface area contributed by atoms with E-state index in [1.54, 1.807) is 12.4 Å². The lowest BCUT2D eigenvalue weighted by Gasteiger charge is -2.18. The van der Waals surface area contributed by atoms with E-state index in [9.17, 15) is 0 Å². The van der Waals surface area contributed by atoms with Crippen molar-refractivity contribution in [3.8, 4) is 0 Å². The van der Waals surface area contributed by atoms with Gasteiger partial charge in [-0.25, -0.2) is 5.43 Å². The topological polar surface area (TPSA) is 68.8 Å². The summed E-state index contributed by atoms with van der Waals surface area (Å²) in [5.41, 5.74) is 5.87. The summed E-state index contributed by atoms with van der Waals surface area (Å²) in [5.74, 6) is 5.75. The lowest BCUT2D eigenvalue weighted by molar-refractivity contribution is 0.573. The number of halogens is 1. The Kier molecular flexibility index (Phi) is 3.52. The molecule has 3 aromatic rings. The third kappa shape index (κ3) is 2.22. The van der Waals surface area contributed by atoms with Gasteiger partial charge in [0.05, 0.1) is 27.9 Å². The number of fused-ring (bicyclic) bond motifs is 1. The molecule has 2 aromatic heterocycles. The maximum absolute atomic E-state index is 5.75. The quantitative estimate of drug-likeness (QED) is 0.570. The number of aromatic nitrogens is 3. The third-order valence-electron chi connectivity index (χ3n) is 3.34. The molecule has 3 rings (SSSR count). The molecule has 20 heavy (non-hydrogen) atoms. The third-order valence-corrected chi connectivity index (χ3v) is 3.95. The molecule has 6 heteroatoms. The molecule has 0 radical (unpaired) electrons. The van der Waals surface area contributed by atoms with Gasteiger partial charge in [0, 0.05) is 18.6 Å². The van der Waals surface area contributed by atoms with Crippen molar-refractivity contribution in [2.24, 2.45) is 12.9 Å². The van der Waals surface area contributed by atoms with E-state index >= 15 is 0 Å². The van der Waals surface area contributed by atoms with Gasteiger partial charge in [-0.15, -0.1) is 0 Å². The van der Waals surface area contributed by atoms with Crippen LogP contribution in [0.5, 0.6) is 0 Å². The molecule has 0 amide bonds. The average molecular weight is 332 g/mol. The minimum absolute atomic E-state index is 0.138. The second kappa shape index (κ2) is 5.32. The van der Waals surface area contributed by atoms with E-state index in [4.69, 9.17) is 5.84 Å². The Morgan fingerprint density at radius 1 is 1.35 bits per heavy atom. The molecule has 0 spiro atoms. The first-order valence-corrected chi connectivity index (χ1v) is 6.98. The number of nitrogens with one attached hydrogen (secondary N) is 1. The van der Waals surface area contributed by atoms with Gasteiger partial charge in [0.15, 0.2) is 0 Å². The minimum atomic E-state index is -0.138. The Balaban J connectivity index is 2.12. The van der Waals surface area contributed by atoms with Crippen LogP contribution in [0.2, 0.25) is 0 Å². The van der Waals surface area contributed by atoms with Crippen molar-refractivity contribution in [1.29, 1.82) is 0 Å². The zero-order valence-electron chi connectivity index (χ0n) is 10.9. The average Bonchev–Trinajstić information content (AvgIpc) is 2.80. The molecule has 1 aromatic carbocycles. The van der Waals surface area contributed by atoms with Gasteiger partial charge in [-0.2, -0.15) is 5.10 Å². The molecular weight excluding hydrogens is 318 g/mol. The number of benzene rings is 1. The summed E-state index contributed by atoms with van der Waals surface area (Å²) >= 11 is 3.51. The van der Waals surface area contributed by atoms with Crippen LogP contribution in [-0.2, 0) is 7.05 Å². The summed E-state index contributed by atoms with van der Waals surface area (Å²) in [7, 11) is 1.90. The Bertz CT molecular complexity index is 733. The van der Waals surface area contributed by atoms with Gasteiger partial charge in [-0.1, -0.05) is 12.1 Å². The van der Waals surface area contributed by atoms with Crippen LogP contribution in [0.4, 0.5) is 0 Å². The largest absolute Gasteiger partial charge is 0.271 e. The molecule has 3 N–H and O–H groups in total. The van der Waals surface area contributed by atoms with Crippen LogP contribution >= 0.6 is 15.9 Å². The second-order valence-electron chi connectivity index (χ2n) is 4.56. The second-order valence-corrected chi connectivity index (χ2v) is 5.41. The fourth-order valence-corrected chi connectivity index (χ4v) is 2.93. The Morgan fingerprint density at radius 3 is 2.90 bits per heavy atom. The summed E-state index contributed by atoms with van der Waals surface area (Å²) in [4.78, 5) is 4.33. The van der Waals surface area contributed by atoms with E-state index in [0.29, 0.717) is 0 Å². The highest BCUT2D eigenvalue weighted by Crippen LogP contribution is 2.29. The number of hydrazine groups is 1. The zero-order valence-corrected chi connectivity index (χ0v) is 12.5. The van der Waals surface area contributed by atoms with E-state index in [0.717, 1.165) is 26.6 Å². The summed E-state index contributed by atoms with van der Waals surface area (Å²) in [6.07, 6.45) is 3.56. The predicted molar refractivity (Wildman–Crippen MR) is 81.8 cm³/mol. The van der Waals surface area contributed by atoms with Crippen molar-refractivity contribution in [2.45, 2.75) is 6.04 Å². The number of nitrogens with two attached hydrogens (primary N) is 1. The van der Waals surface area contributed by atoms with Gasteiger partial charge in [0.2, 0.25) is 0 Å². The molecule has 0 aliphatic rings. The molecule has 102 valence electrons. The molecule has 0 saturated heterocycles. The van der Waals surface area contributed by atoms with Gasteiger partial charge in [0.25, 0.3) is 0 Å². The Morgan fingerprint density at radius 2 is 2.20 bits per heavy atom. The summed E-state index contributed by atoms with van der Waals surface area (Å²) in [6.45, 7) is 0. The number of hydrogen-bond acceptors (Lipinski definition) is 4. The van der Waals surface area contributed by atoms with Crippen molar-refractivity contribution in [1.82, 2.24) is 20.2 Å². The van der Waals surface area contributed by atoms with E-state index < -0.39 is 0 Å². The highest BCUT2D eigenvalue weighted by molar-refractivity contribution is 9.10. The summed E-state index contributed by atoms with van der Waals surface area (Å²) < 4.78 is 2.73. The van der Waals surface area contributed by atoms with E-state index in [2.05, 4.69) is 37.5 Å².